The number of nitrogens with zero attached hydrogens (tertiary/aromatic N) is 4. The molecule has 0 spiro atoms. The van der Waals surface area contributed by atoms with Gasteiger partial charge >= 0.3 is 0 Å². The highest BCUT2D eigenvalue weighted by molar-refractivity contribution is 7.86. The first-order valence-corrected chi connectivity index (χ1v) is 13.8. The van der Waals surface area contributed by atoms with Crippen LogP contribution in [0.5, 0.6) is 5.75 Å². The third-order valence-corrected chi connectivity index (χ3v) is 6.91. The second-order valence-electron chi connectivity index (χ2n) is 8.05. The predicted molar refractivity (Wildman–Crippen MR) is 151 cm³/mol. The van der Waals surface area contributed by atoms with E-state index in [1.54, 1.807) is 0 Å². The van der Waals surface area contributed by atoms with E-state index in [1.807, 2.05) is 0 Å². The van der Waals surface area contributed by atoms with Crippen molar-refractivity contribution in [2.75, 3.05) is 5.32 Å². The standard InChI is InChI=1S/C24H19N5O8S2.2H3N/c1-14(30)25-19-8-11-21-15(12-19)13-22(39(35,36)37)23(24(21)31)29-28-17-4-2-16(3-5-17)26-27-18-6-9-20(10-7-18)38(32,33)34;;/h2-13,31H,1H3,(H,25,30)(H,32,33,34)(H,35,36,37);2*1H3. The lowest BCUT2D eigenvalue weighted by atomic mass is 10.1. The lowest BCUT2D eigenvalue weighted by Gasteiger charge is -2.10. The first kappa shape index (κ1) is 32.6. The van der Waals surface area contributed by atoms with E-state index in [9.17, 15) is 31.3 Å². The topological polar surface area (TPSA) is 278 Å². The van der Waals surface area contributed by atoms with Gasteiger partial charge in [-0.2, -0.15) is 32.2 Å². The molecule has 0 bridgehead atoms. The molecule has 4 aromatic rings. The van der Waals surface area contributed by atoms with Crippen molar-refractivity contribution in [2.24, 2.45) is 20.5 Å². The summed E-state index contributed by atoms with van der Waals surface area (Å²) < 4.78 is 65.0. The van der Waals surface area contributed by atoms with E-state index in [4.69, 9.17) is 4.55 Å². The fourth-order valence-electron chi connectivity index (χ4n) is 3.42. The van der Waals surface area contributed by atoms with Crippen LogP contribution in [-0.2, 0) is 25.0 Å². The number of nitrogens with one attached hydrogen (secondary N) is 1. The Morgan fingerprint density at radius 1 is 0.707 bits per heavy atom. The van der Waals surface area contributed by atoms with Crippen LogP contribution in [0.4, 0.5) is 28.4 Å². The molecule has 0 heterocycles. The summed E-state index contributed by atoms with van der Waals surface area (Å²) in [6.07, 6.45) is 0. The first-order chi connectivity index (χ1) is 18.3. The number of aromatic hydroxyl groups is 1. The van der Waals surface area contributed by atoms with Gasteiger partial charge in [0.2, 0.25) is 5.91 Å². The van der Waals surface area contributed by atoms with Crippen molar-refractivity contribution in [1.82, 2.24) is 12.3 Å². The molecule has 0 aliphatic rings. The maximum atomic E-state index is 12.0. The van der Waals surface area contributed by atoms with Gasteiger partial charge in [-0.1, -0.05) is 0 Å². The molecule has 41 heavy (non-hydrogen) atoms. The van der Waals surface area contributed by atoms with Gasteiger partial charge in [0.15, 0.2) is 5.75 Å². The van der Waals surface area contributed by atoms with Gasteiger partial charge in [0.1, 0.15) is 10.6 Å². The average molecular weight is 604 g/mol. The number of carbonyl (C=O) groups is 1. The molecule has 15 nitrogen and oxygen atoms in total. The van der Waals surface area contributed by atoms with E-state index in [0.29, 0.717) is 17.1 Å². The monoisotopic (exact) mass is 603 g/mol. The minimum atomic E-state index is -4.81. The molecule has 0 unspecified atom stereocenters. The SMILES string of the molecule is CC(=O)Nc1ccc2c(O)c(N=Nc3ccc(N=Nc4ccc(S(=O)(=O)O)cc4)cc3)c(S(=O)(=O)O)cc2c1.N.N. The molecule has 0 saturated carbocycles. The van der Waals surface area contributed by atoms with Crippen LogP contribution in [0.1, 0.15) is 6.92 Å². The highest BCUT2D eigenvalue weighted by Crippen LogP contribution is 2.42. The van der Waals surface area contributed by atoms with Crippen molar-refractivity contribution in [3.8, 4) is 5.75 Å². The molecule has 0 aliphatic carbocycles. The van der Waals surface area contributed by atoms with Crippen molar-refractivity contribution < 1.29 is 35.8 Å². The molecule has 0 saturated heterocycles. The molecule has 0 atom stereocenters. The molecule has 1 amide bonds. The number of fused-ring (bicyclic) bond motifs is 1. The normalized spacial score (nSPS) is 11.8. The molecular formula is C24H25N7O8S2. The number of rotatable bonds is 7. The molecule has 4 aromatic carbocycles. The molecule has 4 rings (SSSR count). The third kappa shape index (κ3) is 7.94. The highest BCUT2D eigenvalue weighted by atomic mass is 32.2. The maximum absolute atomic E-state index is 12.0. The Labute approximate surface area is 234 Å². The Balaban J connectivity index is 0.00000294. The molecular weight excluding hydrogens is 578 g/mol. The Kier molecular flexibility index (Phi) is 10.1. The number of anilines is 1. The zero-order chi connectivity index (χ0) is 28.4. The average Bonchev–Trinajstić information content (AvgIpc) is 2.86. The number of carbonyl (C=O) groups excluding carboxylic acids is 1. The summed E-state index contributed by atoms with van der Waals surface area (Å²) in [6.45, 7) is 1.30. The van der Waals surface area contributed by atoms with Crippen molar-refractivity contribution in [1.29, 1.82) is 0 Å². The van der Waals surface area contributed by atoms with Crippen LogP contribution >= 0.6 is 0 Å². The van der Waals surface area contributed by atoms with Gasteiger partial charge in [-0.05, 0) is 78.2 Å². The number of hydrogen-bond donors (Lipinski definition) is 6. The van der Waals surface area contributed by atoms with Crippen molar-refractivity contribution in [2.45, 2.75) is 16.7 Å². The maximum Gasteiger partial charge on any atom is 0.296 e. The minimum Gasteiger partial charge on any atom is -0.505 e. The van der Waals surface area contributed by atoms with Crippen molar-refractivity contribution in [3.05, 3.63) is 72.8 Å². The molecule has 17 heteroatoms. The number of benzene rings is 4. The van der Waals surface area contributed by atoms with Gasteiger partial charge in [-0.15, -0.1) is 5.11 Å². The number of azo groups is 2. The Bertz CT molecular complexity index is 1860. The van der Waals surface area contributed by atoms with Gasteiger partial charge in [0, 0.05) is 18.0 Å². The second kappa shape index (κ2) is 12.7. The van der Waals surface area contributed by atoms with Gasteiger partial charge in [0.05, 0.1) is 22.0 Å². The van der Waals surface area contributed by atoms with Crippen molar-refractivity contribution in [3.63, 3.8) is 0 Å². The summed E-state index contributed by atoms with van der Waals surface area (Å²) >= 11 is 0. The van der Waals surface area contributed by atoms with E-state index in [0.717, 1.165) is 6.07 Å². The highest BCUT2D eigenvalue weighted by Gasteiger charge is 2.22. The molecule has 10 N–H and O–H groups in total. The van der Waals surface area contributed by atoms with E-state index in [1.165, 1.54) is 73.7 Å². The lowest BCUT2D eigenvalue weighted by Crippen LogP contribution is -2.05. The van der Waals surface area contributed by atoms with E-state index in [-0.39, 0.29) is 39.6 Å². The summed E-state index contributed by atoms with van der Waals surface area (Å²) in [5.41, 5.74) is 0.870. The molecule has 0 fully saturated rings. The van der Waals surface area contributed by atoms with Gasteiger partial charge in [-0.3, -0.25) is 13.9 Å². The Morgan fingerprint density at radius 2 is 1.20 bits per heavy atom. The number of amides is 1. The smallest absolute Gasteiger partial charge is 0.296 e. The first-order valence-electron chi connectivity index (χ1n) is 10.9. The van der Waals surface area contributed by atoms with Gasteiger partial charge in [-0.25, -0.2) is 0 Å². The van der Waals surface area contributed by atoms with Crippen LogP contribution in [0.15, 0.2) is 103 Å². The summed E-state index contributed by atoms with van der Waals surface area (Å²) in [6, 6.07) is 16.6. The van der Waals surface area contributed by atoms with Crippen molar-refractivity contribution >= 4 is 65.4 Å². The number of phenolic OH excluding ortho intramolecular Hbond substituents is 1. The number of hydrogen-bond acceptors (Lipinski definition) is 12. The van der Waals surface area contributed by atoms with Crippen LogP contribution in [0.25, 0.3) is 10.8 Å². The zero-order valence-corrected chi connectivity index (χ0v) is 23.0. The van der Waals surface area contributed by atoms with Gasteiger partial charge < -0.3 is 22.7 Å². The minimum absolute atomic E-state index is 0. The summed E-state index contributed by atoms with van der Waals surface area (Å²) in [5, 5.41) is 29.5. The van der Waals surface area contributed by atoms with Gasteiger partial charge in [0.25, 0.3) is 20.2 Å². The van der Waals surface area contributed by atoms with Crippen LogP contribution in [-0.4, -0.2) is 37.0 Å². The number of phenols is 1. The fraction of sp³-hybridized carbons (Fsp3) is 0.0417. The Hall–Kier alpha value is -4.65. The molecule has 216 valence electrons. The second-order valence-corrected chi connectivity index (χ2v) is 10.9. The molecule has 0 radical (unpaired) electrons. The van der Waals surface area contributed by atoms with E-state index < -0.39 is 36.6 Å². The molecule has 0 aliphatic heterocycles. The summed E-state index contributed by atoms with van der Waals surface area (Å²) in [5.74, 6) is -0.885. The predicted octanol–water partition coefficient (Wildman–Crippen LogP) is 6.15. The zero-order valence-electron chi connectivity index (χ0n) is 21.3. The lowest BCUT2D eigenvalue weighted by molar-refractivity contribution is -0.114. The van der Waals surface area contributed by atoms with Crippen LogP contribution in [0.2, 0.25) is 0 Å². The quantitative estimate of drug-likeness (QED) is 0.103. The molecule has 0 aromatic heterocycles. The summed E-state index contributed by atoms with van der Waals surface area (Å²) in [7, 11) is -9.13. The Morgan fingerprint density at radius 3 is 1.66 bits per heavy atom. The van der Waals surface area contributed by atoms with E-state index in [2.05, 4.69) is 25.8 Å². The van der Waals surface area contributed by atoms with Crippen LogP contribution < -0.4 is 17.6 Å². The third-order valence-electron chi connectivity index (χ3n) is 5.18. The van der Waals surface area contributed by atoms with E-state index >= 15 is 0 Å². The van der Waals surface area contributed by atoms with Crippen LogP contribution in [0, 0.1) is 0 Å². The summed E-state index contributed by atoms with van der Waals surface area (Å²) in [4.78, 5) is 10.4. The fourth-order valence-corrected chi connectivity index (χ4v) is 4.56. The largest absolute Gasteiger partial charge is 0.505 e. The van der Waals surface area contributed by atoms with Crippen LogP contribution in [0.3, 0.4) is 0 Å².